The van der Waals surface area contributed by atoms with Crippen LogP contribution in [-0.2, 0) is 4.79 Å². The zero-order valence-electron chi connectivity index (χ0n) is 23.7. The van der Waals surface area contributed by atoms with Crippen molar-refractivity contribution >= 4 is 5.78 Å². The predicted molar refractivity (Wildman–Crippen MR) is 142 cm³/mol. The average Bonchev–Trinajstić information content (AvgIpc) is 3.11. The van der Waals surface area contributed by atoms with E-state index in [0.29, 0.717) is 40.8 Å². The molecule has 0 bridgehead atoms. The van der Waals surface area contributed by atoms with Gasteiger partial charge in [-0.3, -0.25) is 4.79 Å². The molecule has 200 valence electrons. The Kier molecular flexibility index (Phi) is 6.40. The molecule has 0 unspecified atom stereocenters. The van der Waals surface area contributed by atoms with Crippen LogP contribution < -0.4 is 0 Å². The highest BCUT2D eigenvalue weighted by Gasteiger charge is 2.64. The fourth-order valence-electron chi connectivity index (χ4n) is 10.6. The second kappa shape index (κ2) is 8.55. The molecule has 0 radical (unpaired) electrons. The highest BCUT2D eigenvalue weighted by Crippen LogP contribution is 2.68. The first-order valence-electron chi connectivity index (χ1n) is 15.2. The van der Waals surface area contributed by atoms with Crippen molar-refractivity contribution in [2.45, 2.75) is 143 Å². The number of fused-ring (bicyclic) bond motifs is 5. The Morgan fingerprint density at radius 3 is 2.23 bits per heavy atom. The van der Waals surface area contributed by atoms with Crippen molar-refractivity contribution in [3.8, 4) is 0 Å². The number of carbonyl (C=O) groups is 1. The maximum absolute atomic E-state index is 14.0. The summed E-state index contributed by atoms with van der Waals surface area (Å²) in [7, 11) is 0. The highest BCUT2D eigenvalue weighted by atomic mass is 16.3. The monoisotopic (exact) mass is 486 g/mol. The quantitative estimate of drug-likeness (QED) is 0.437. The van der Waals surface area contributed by atoms with E-state index in [1.165, 1.54) is 25.7 Å². The number of rotatable bonds is 4. The van der Waals surface area contributed by atoms with Gasteiger partial charge in [-0.1, -0.05) is 34.6 Å². The second-order valence-electron chi connectivity index (χ2n) is 16.0. The van der Waals surface area contributed by atoms with Gasteiger partial charge in [0.05, 0.1) is 11.2 Å². The maximum atomic E-state index is 14.0. The van der Waals surface area contributed by atoms with Crippen molar-refractivity contribution in [2.75, 3.05) is 0 Å². The van der Waals surface area contributed by atoms with Crippen LogP contribution in [0.5, 0.6) is 0 Å². The van der Waals surface area contributed by atoms with E-state index < -0.39 is 11.2 Å². The van der Waals surface area contributed by atoms with Gasteiger partial charge in [0.2, 0.25) is 0 Å². The van der Waals surface area contributed by atoms with Crippen molar-refractivity contribution in [3.63, 3.8) is 0 Å². The van der Waals surface area contributed by atoms with E-state index in [0.717, 1.165) is 64.2 Å². The first kappa shape index (κ1) is 26.2. The number of ketones is 1. The van der Waals surface area contributed by atoms with Crippen molar-refractivity contribution < 1.29 is 15.0 Å². The lowest BCUT2D eigenvalue weighted by molar-refractivity contribution is -0.168. The van der Waals surface area contributed by atoms with Gasteiger partial charge < -0.3 is 10.2 Å². The molecule has 0 saturated heterocycles. The first-order chi connectivity index (χ1) is 16.2. The summed E-state index contributed by atoms with van der Waals surface area (Å²) < 4.78 is 0. The standard InChI is InChI=1S/C32H54O3/c1-21(11-12-32(35)17-13-28(2,3)14-18-32)24-9-10-25-23-8-7-22-19-29(4,34)15-16-30(22,5)27(23)26(33)20-31(24,25)6/h21-25,27,34-35H,7-20H2,1-6H3/t21-,22-,23+,24-,25+,27-,29+,30+,31-/m1/s1. The number of carbonyl (C=O) groups excluding carboxylic acids is 1. The molecule has 5 aliphatic carbocycles. The molecule has 0 spiro atoms. The van der Waals surface area contributed by atoms with Crippen LogP contribution in [0.2, 0.25) is 0 Å². The molecule has 0 amide bonds. The van der Waals surface area contributed by atoms with Crippen molar-refractivity contribution in [1.29, 1.82) is 0 Å². The van der Waals surface area contributed by atoms with E-state index in [4.69, 9.17) is 0 Å². The largest absolute Gasteiger partial charge is 0.390 e. The SMILES string of the molecule is C[C@H](CCC1(O)CCC(C)(C)CC1)[C@H]1CC[C@H]2[C@@H]3CC[C@@H]4C[C@@](C)(O)CC[C@]4(C)[C@H]3C(=O)C[C@]12C. The number of aliphatic hydroxyl groups is 2. The molecule has 5 aliphatic rings. The van der Waals surface area contributed by atoms with Gasteiger partial charge in [-0.25, -0.2) is 0 Å². The lowest BCUT2D eigenvalue weighted by Gasteiger charge is -2.61. The molecule has 2 N–H and O–H groups in total. The third-order valence-electron chi connectivity index (χ3n) is 13.0. The van der Waals surface area contributed by atoms with Crippen molar-refractivity contribution in [2.24, 2.45) is 51.8 Å². The highest BCUT2D eigenvalue weighted by molar-refractivity contribution is 5.84. The Morgan fingerprint density at radius 1 is 0.857 bits per heavy atom. The van der Waals surface area contributed by atoms with Gasteiger partial charge in [0.1, 0.15) is 5.78 Å². The minimum Gasteiger partial charge on any atom is -0.390 e. The third kappa shape index (κ3) is 4.47. The minimum atomic E-state index is -0.546. The lowest BCUT2D eigenvalue weighted by atomic mass is 9.43. The molecule has 35 heavy (non-hydrogen) atoms. The molecule has 0 aromatic rings. The van der Waals surface area contributed by atoms with Crippen LogP contribution in [0.25, 0.3) is 0 Å². The average molecular weight is 487 g/mol. The van der Waals surface area contributed by atoms with Gasteiger partial charge in [-0.15, -0.1) is 0 Å². The third-order valence-corrected chi connectivity index (χ3v) is 13.0. The Labute approximate surface area is 215 Å². The smallest absolute Gasteiger partial charge is 0.137 e. The molecule has 0 heterocycles. The van der Waals surface area contributed by atoms with Crippen LogP contribution >= 0.6 is 0 Å². The van der Waals surface area contributed by atoms with Crippen molar-refractivity contribution in [1.82, 2.24) is 0 Å². The molecule has 0 aromatic carbocycles. The van der Waals surface area contributed by atoms with Crippen LogP contribution in [0, 0.1) is 51.8 Å². The van der Waals surface area contributed by atoms with E-state index >= 15 is 0 Å². The van der Waals surface area contributed by atoms with Gasteiger partial charge in [0.15, 0.2) is 0 Å². The summed E-state index contributed by atoms with van der Waals surface area (Å²) in [5.74, 6) is 3.68. The Hall–Kier alpha value is -0.410. The fraction of sp³-hybridized carbons (Fsp3) is 0.969. The molecule has 5 fully saturated rings. The Bertz CT molecular complexity index is 819. The summed E-state index contributed by atoms with van der Waals surface area (Å²) in [5, 5.41) is 22.1. The van der Waals surface area contributed by atoms with E-state index in [2.05, 4.69) is 34.6 Å². The fourth-order valence-corrected chi connectivity index (χ4v) is 10.6. The lowest BCUT2D eigenvalue weighted by Crippen LogP contribution is -2.59. The van der Waals surface area contributed by atoms with Crippen LogP contribution in [-0.4, -0.2) is 27.2 Å². The normalized spacial score (nSPS) is 49.6. The van der Waals surface area contributed by atoms with Gasteiger partial charge in [-0.05, 0) is 136 Å². The van der Waals surface area contributed by atoms with Crippen LogP contribution in [0.4, 0.5) is 0 Å². The zero-order chi connectivity index (χ0) is 25.4. The van der Waals surface area contributed by atoms with E-state index in [1.54, 1.807) is 0 Å². The predicted octanol–water partition coefficient (Wildman–Crippen LogP) is 7.32. The molecule has 5 saturated carbocycles. The topological polar surface area (TPSA) is 57.5 Å². The second-order valence-corrected chi connectivity index (χ2v) is 16.0. The number of hydrogen-bond donors (Lipinski definition) is 2. The molecule has 0 aromatic heterocycles. The summed E-state index contributed by atoms with van der Waals surface area (Å²) in [6, 6.07) is 0. The first-order valence-corrected chi connectivity index (χ1v) is 15.2. The van der Waals surface area contributed by atoms with Crippen LogP contribution in [0.3, 0.4) is 0 Å². The van der Waals surface area contributed by atoms with Crippen LogP contribution in [0.1, 0.15) is 131 Å². The molecular weight excluding hydrogens is 432 g/mol. The molecule has 5 rings (SSSR count). The Balaban J connectivity index is 1.28. The number of hydrogen-bond acceptors (Lipinski definition) is 3. The van der Waals surface area contributed by atoms with Gasteiger partial charge >= 0.3 is 0 Å². The van der Waals surface area contributed by atoms with E-state index in [1.807, 2.05) is 6.92 Å². The summed E-state index contributed by atoms with van der Waals surface area (Å²) in [6.07, 6.45) is 14.6. The van der Waals surface area contributed by atoms with E-state index in [9.17, 15) is 15.0 Å². The molecule has 9 atom stereocenters. The summed E-state index contributed by atoms with van der Waals surface area (Å²) in [4.78, 5) is 14.0. The summed E-state index contributed by atoms with van der Waals surface area (Å²) in [6.45, 7) is 14.0. The van der Waals surface area contributed by atoms with Crippen LogP contribution in [0.15, 0.2) is 0 Å². The molecule has 0 aliphatic heterocycles. The molecule has 3 nitrogen and oxygen atoms in total. The molecule has 3 heteroatoms. The summed E-state index contributed by atoms with van der Waals surface area (Å²) >= 11 is 0. The Morgan fingerprint density at radius 2 is 1.54 bits per heavy atom. The maximum Gasteiger partial charge on any atom is 0.137 e. The van der Waals surface area contributed by atoms with Crippen molar-refractivity contribution in [3.05, 3.63) is 0 Å². The zero-order valence-corrected chi connectivity index (χ0v) is 23.7. The summed E-state index contributed by atoms with van der Waals surface area (Å²) in [5.41, 5.74) is -0.406. The number of Topliss-reactive ketones (excluding diaryl/α,β-unsaturated/α-hetero) is 1. The minimum absolute atomic E-state index is 0.0886. The van der Waals surface area contributed by atoms with Gasteiger partial charge in [0, 0.05) is 12.3 Å². The van der Waals surface area contributed by atoms with Gasteiger partial charge in [0.25, 0.3) is 0 Å². The van der Waals surface area contributed by atoms with E-state index in [-0.39, 0.29) is 16.7 Å². The molecular formula is C32H54O3. The van der Waals surface area contributed by atoms with Gasteiger partial charge in [-0.2, -0.15) is 0 Å².